The highest BCUT2D eigenvalue weighted by molar-refractivity contribution is 5.86. The summed E-state index contributed by atoms with van der Waals surface area (Å²) < 4.78 is 0. The van der Waals surface area contributed by atoms with E-state index in [0.29, 0.717) is 5.92 Å². The summed E-state index contributed by atoms with van der Waals surface area (Å²) in [5.74, 6) is 0.637. The van der Waals surface area contributed by atoms with Crippen LogP contribution in [0.15, 0.2) is 30.3 Å². The Morgan fingerprint density at radius 1 is 1.25 bits per heavy atom. The standard InChI is InChI=1S/C20H31N3O/c1-16-6-5-11-20(21,14-16)19(24)22-18-9-12-23(13-10-18)15-17-7-3-2-4-8-17/h2-4,7-8,16,18H,5-6,9-15,21H2,1H3,(H,22,24). The molecule has 2 atom stereocenters. The molecule has 1 aromatic carbocycles. The number of nitrogens with two attached hydrogens (primary N) is 1. The molecule has 1 amide bonds. The van der Waals surface area contributed by atoms with Gasteiger partial charge in [-0.05, 0) is 37.2 Å². The van der Waals surface area contributed by atoms with Gasteiger partial charge in [0, 0.05) is 25.7 Å². The van der Waals surface area contributed by atoms with Gasteiger partial charge in [0.05, 0.1) is 5.54 Å². The Labute approximate surface area is 145 Å². The van der Waals surface area contributed by atoms with Gasteiger partial charge >= 0.3 is 0 Å². The highest BCUT2D eigenvalue weighted by Gasteiger charge is 2.38. The first-order valence-corrected chi connectivity index (χ1v) is 9.41. The van der Waals surface area contributed by atoms with E-state index >= 15 is 0 Å². The molecular weight excluding hydrogens is 298 g/mol. The summed E-state index contributed by atoms with van der Waals surface area (Å²) in [5, 5.41) is 3.24. The van der Waals surface area contributed by atoms with Crippen LogP contribution in [0.2, 0.25) is 0 Å². The highest BCUT2D eigenvalue weighted by atomic mass is 16.2. The lowest BCUT2D eigenvalue weighted by Crippen LogP contribution is -2.59. The number of hydrogen-bond donors (Lipinski definition) is 2. The Morgan fingerprint density at radius 2 is 1.96 bits per heavy atom. The zero-order valence-corrected chi connectivity index (χ0v) is 14.8. The maximum Gasteiger partial charge on any atom is 0.240 e. The zero-order chi connectivity index (χ0) is 17.0. The molecule has 1 aliphatic heterocycles. The first-order chi connectivity index (χ1) is 11.5. The van der Waals surface area contributed by atoms with Crippen molar-refractivity contribution in [1.29, 1.82) is 0 Å². The van der Waals surface area contributed by atoms with Gasteiger partial charge in [0.1, 0.15) is 0 Å². The van der Waals surface area contributed by atoms with Crippen LogP contribution >= 0.6 is 0 Å². The van der Waals surface area contributed by atoms with Crippen LogP contribution in [0.3, 0.4) is 0 Å². The summed E-state index contributed by atoms with van der Waals surface area (Å²) in [7, 11) is 0. The van der Waals surface area contributed by atoms with Crippen molar-refractivity contribution < 1.29 is 4.79 Å². The third-order valence-corrected chi connectivity index (χ3v) is 5.66. The van der Waals surface area contributed by atoms with Crippen LogP contribution in [0.25, 0.3) is 0 Å². The fraction of sp³-hybridized carbons (Fsp3) is 0.650. The summed E-state index contributed by atoms with van der Waals surface area (Å²) in [6.45, 7) is 5.28. The van der Waals surface area contributed by atoms with E-state index in [1.807, 2.05) is 0 Å². The molecule has 3 rings (SSSR count). The van der Waals surface area contributed by atoms with Crippen molar-refractivity contribution in [2.75, 3.05) is 13.1 Å². The van der Waals surface area contributed by atoms with Gasteiger partial charge in [-0.25, -0.2) is 0 Å². The minimum Gasteiger partial charge on any atom is -0.352 e. The molecule has 0 aromatic heterocycles. The van der Waals surface area contributed by atoms with E-state index in [1.54, 1.807) is 0 Å². The fourth-order valence-electron chi connectivity index (χ4n) is 4.20. The van der Waals surface area contributed by atoms with Crippen molar-refractivity contribution in [1.82, 2.24) is 10.2 Å². The van der Waals surface area contributed by atoms with Gasteiger partial charge in [0.15, 0.2) is 0 Å². The molecule has 0 spiro atoms. The molecule has 2 fully saturated rings. The number of nitrogens with zero attached hydrogens (tertiary/aromatic N) is 1. The second-order valence-electron chi connectivity index (χ2n) is 7.87. The van der Waals surface area contributed by atoms with Crippen molar-refractivity contribution in [2.24, 2.45) is 11.7 Å². The molecule has 4 heteroatoms. The predicted molar refractivity (Wildman–Crippen MR) is 97.4 cm³/mol. The number of carbonyl (C=O) groups excluding carboxylic acids is 1. The quantitative estimate of drug-likeness (QED) is 0.893. The van der Waals surface area contributed by atoms with Gasteiger partial charge in [-0.3, -0.25) is 9.69 Å². The average Bonchev–Trinajstić information content (AvgIpc) is 2.57. The summed E-state index contributed by atoms with van der Waals surface area (Å²) in [5.41, 5.74) is 7.14. The largest absolute Gasteiger partial charge is 0.352 e. The number of nitrogens with one attached hydrogen (secondary N) is 1. The highest BCUT2D eigenvalue weighted by Crippen LogP contribution is 2.30. The Hall–Kier alpha value is -1.39. The van der Waals surface area contributed by atoms with Crippen LogP contribution in [0.4, 0.5) is 0 Å². The second-order valence-corrected chi connectivity index (χ2v) is 7.87. The minimum absolute atomic E-state index is 0.0792. The molecule has 24 heavy (non-hydrogen) atoms. The topological polar surface area (TPSA) is 58.4 Å². The lowest BCUT2D eigenvalue weighted by atomic mass is 9.76. The van der Waals surface area contributed by atoms with Gasteiger partial charge < -0.3 is 11.1 Å². The number of benzene rings is 1. The number of amides is 1. The summed E-state index contributed by atoms with van der Waals surface area (Å²) in [6.07, 6.45) is 5.96. The van der Waals surface area contributed by atoms with Crippen LogP contribution in [-0.2, 0) is 11.3 Å². The summed E-state index contributed by atoms with van der Waals surface area (Å²) in [4.78, 5) is 15.1. The van der Waals surface area contributed by atoms with Gasteiger partial charge in [0.2, 0.25) is 5.91 Å². The Balaban J connectivity index is 1.46. The van der Waals surface area contributed by atoms with E-state index in [1.165, 1.54) is 12.0 Å². The van der Waals surface area contributed by atoms with E-state index in [2.05, 4.69) is 47.5 Å². The predicted octanol–water partition coefficient (Wildman–Crippen LogP) is 2.67. The number of likely N-dealkylation sites (tertiary alicyclic amines) is 1. The third kappa shape index (κ3) is 4.37. The molecule has 2 aliphatic rings. The summed E-state index contributed by atoms with van der Waals surface area (Å²) >= 11 is 0. The lowest BCUT2D eigenvalue weighted by Gasteiger charge is -2.38. The molecule has 132 valence electrons. The van der Waals surface area contributed by atoms with Crippen LogP contribution in [-0.4, -0.2) is 35.5 Å². The molecule has 1 saturated carbocycles. The molecule has 2 unspecified atom stereocenters. The monoisotopic (exact) mass is 329 g/mol. The fourth-order valence-corrected chi connectivity index (χ4v) is 4.20. The van der Waals surface area contributed by atoms with Crippen LogP contribution in [0.5, 0.6) is 0 Å². The molecule has 0 bridgehead atoms. The van der Waals surface area contributed by atoms with Gasteiger partial charge in [-0.1, -0.05) is 50.1 Å². The molecule has 4 nitrogen and oxygen atoms in total. The number of hydrogen-bond acceptors (Lipinski definition) is 3. The van der Waals surface area contributed by atoms with Crippen molar-refractivity contribution in [3.8, 4) is 0 Å². The Kier molecular flexibility index (Phi) is 5.57. The van der Waals surface area contributed by atoms with Crippen molar-refractivity contribution in [2.45, 2.75) is 63.6 Å². The van der Waals surface area contributed by atoms with Crippen LogP contribution < -0.4 is 11.1 Å². The Bertz CT molecular complexity index is 539. The number of carbonyl (C=O) groups is 1. The number of piperidine rings is 1. The second kappa shape index (κ2) is 7.66. The van der Waals surface area contributed by atoms with Gasteiger partial charge in [-0.2, -0.15) is 0 Å². The molecule has 0 radical (unpaired) electrons. The molecule has 3 N–H and O–H groups in total. The lowest BCUT2D eigenvalue weighted by molar-refractivity contribution is -0.129. The molecule has 1 aromatic rings. The van der Waals surface area contributed by atoms with Crippen LogP contribution in [0.1, 0.15) is 51.0 Å². The first kappa shape index (κ1) is 17.4. The Morgan fingerprint density at radius 3 is 2.62 bits per heavy atom. The van der Waals surface area contributed by atoms with Crippen molar-refractivity contribution >= 4 is 5.91 Å². The third-order valence-electron chi connectivity index (χ3n) is 5.66. The molecule has 1 heterocycles. The van der Waals surface area contributed by atoms with E-state index in [9.17, 15) is 4.79 Å². The number of rotatable bonds is 4. The van der Waals surface area contributed by atoms with Crippen molar-refractivity contribution in [3.63, 3.8) is 0 Å². The van der Waals surface area contributed by atoms with E-state index < -0.39 is 5.54 Å². The minimum atomic E-state index is -0.640. The van der Waals surface area contributed by atoms with E-state index in [4.69, 9.17) is 5.73 Å². The maximum absolute atomic E-state index is 12.7. The first-order valence-electron chi connectivity index (χ1n) is 9.41. The van der Waals surface area contributed by atoms with Gasteiger partial charge in [0.25, 0.3) is 0 Å². The molecular formula is C20H31N3O. The average molecular weight is 329 g/mol. The summed E-state index contributed by atoms with van der Waals surface area (Å²) in [6, 6.07) is 10.9. The van der Waals surface area contributed by atoms with E-state index in [-0.39, 0.29) is 11.9 Å². The van der Waals surface area contributed by atoms with Crippen LogP contribution in [0, 0.1) is 5.92 Å². The van der Waals surface area contributed by atoms with E-state index in [0.717, 1.165) is 51.7 Å². The van der Waals surface area contributed by atoms with Gasteiger partial charge in [-0.15, -0.1) is 0 Å². The maximum atomic E-state index is 12.7. The molecule has 1 aliphatic carbocycles. The zero-order valence-electron chi connectivity index (χ0n) is 14.8. The SMILES string of the molecule is CC1CCCC(N)(C(=O)NC2CCN(Cc3ccccc3)CC2)C1. The smallest absolute Gasteiger partial charge is 0.240 e. The normalized spacial score (nSPS) is 29.3. The van der Waals surface area contributed by atoms with Crippen molar-refractivity contribution in [3.05, 3.63) is 35.9 Å². The molecule has 1 saturated heterocycles.